The number of ether oxygens (including phenoxy) is 1. The number of ketones is 1. The second-order valence-electron chi connectivity index (χ2n) is 4.38. The highest BCUT2D eigenvalue weighted by atomic mass is 16.5. The van der Waals surface area contributed by atoms with Crippen LogP contribution in [0.25, 0.3) is 0 Å². The van der Waals surface area contributed by atoms with Crippen molar-refractivity contribution < 1.29 is 9.53 Å². The minimum Gasteiger partial charge on any atom is -0.377 e. The van der Waals surface area contributed by atoms with Crippen LogP contribution in [-0.4, -0.2) is 12.4 Å². The molecule has 1 aromatic rings. The summed E-state index contributed by atoms with van der Waals surface area (Å²) in [7, 11) is 0. The molecule has 16 heavy (non-hydrogen) atoms. The van der Waals surface area contributed by atoms with E-state index in [4.69, 9.17) is 4.74 Å². The maximum Gasteiger partial charge on any atom is 0.136 e. The van der Waals surface area contributed by atoms with Gasteiger partial charge >= 0.3 is 0 Å². The van der Waals surface area contributed by atoms with E-state index in [1.807, 2.05) is 18.2 Å². The molecule has 0 spiro atoms. The molecule has 0 aliphatic heterocycles. The van der Waals surface area contributed by atoms with Gasteiger partial charge in [-0.2, -0.15) is 0 Å². The number of Topliss-reactive ketones (excluding diaryl/α,β-unsaturated/α-hetero) is 1. The lowest BCUT2D eigenvalue weighted by Gasteiger charge is -2.08. The molecule has 0 aromatic heterocycles. The molecule has 0 bridgehead atoms. The molecule has 1 fully saturated rings. The highest BCUT2D eigenvalue weighted by Gasteiger charge is 2.23. The molecule has 86 valence electrons. The maximum atomic E-state index is 11.4. The Morgan fingerprint density at radius 2 is 2.06 bits per heavy atom. The van der Waals surface area contributed by atoms with Crippen molar-refractivity contribution >= 4 is 5.78 Å². The summed E-state index contributed by atoms with van der Waals surface area (Å²) in [6.45, 7) is 1.35. The number of carbonyl (C=O) groups excluding carboxylic acids is 1. The van der Waals surface area contributed by atoms with Crippen LogP contribution in [0.1, 0.15) is 31.2 Å². The maximum absolute atomic E-state index is 11.4. The Bertz CT molecular complexity index is 332. The topological polar surface area (TPSA) is 26.3 Å². The second-order valence-corrected chi connectivity index (χ2v) is 4.38. The largest absolute Gasteiger partial charge is 0.377 e. The third-order valence-corrected chi connectivity index (χ3v) is 3.15. The summed E-state index contributed by atoms with van der Waals surface area (Å²) in [6, 6.07) is 10.1. The van der Waals surface area contributed by atoms with E-state index in [2.05, 4.69) is 12.1 Å². The molecular formula is C14H18O2. The number of rotatable bonds is 5. The van der Waals surface area contributed by atoms with Crippen LogP contribution in [0, 0.1) is 5.92 Å². The van der Waals surface area contributed by atoms with E-state index in [-0.39, 0.29) is 5.92 Å². The molecule has 0 radical (unpaired) electrons. The predicted molar refractivity (Wildman–Crippen MR) is 63.1 cm³/mol. The number of carbonyl (C=O) groups is 1. The van der Waals surface area contributed by atoms with E-state index in [1.165, 1.54) is 5.56 Å². The Hall–Kier alpha value is -1.15. The molecule has 1 aliphatic rings. The third kappa shape index (κ3) is 3.17. The molecular weight excluding hydrogens is 200 g/mol. The summed E-state index contributed by atoms with van der Waals surface area (Å²) < 4.78 is 5.58. The lowest BCUT2D eigenvalue weighted by molar-refractivity contribution is -0.121. The smallest absolute Gasteiger partial charge is 0.136 e. The number of hydrogen-bond acceptors (Lipinski definition) is 2. The zero-order valence-electron chi connectivity index (χ0n) is 9.52. The van der Waals surface area contributed by atoms with E-state index in [9.17, 15) is 4.79 Å². The Kier molecular flexibility index (Phi) is 4.11. The van der Waals surface area contributed by atoms with E-state index in [1.54, 1.807) is 0 Å². The lowest BCUT2D eigenvalue weighted by atomic mass is 10.0. The second kappa shape index (κ2) is 5.80. The van der Waals surface area contributed by atoms with E-state index in [0.29, 0.717) is 19.0 Å². The summed E-state index contributed by atoms with van der Waals surface area (Å²) in [4.78, 5) is 11.4. The number of hydrogen-bond donors (Lipinski definition) is 0. The first-order valence-electron chi connectivity index (χ1n) is 6.00. The van der Waals surface area contributed by atoms with Crippen LogP contribution < -0.4 is 0 Å². The normalized spacial score (nSPS) is 20.2. The highest BCUT2D eigenvalue weighted by molar-refractivity contribution is 5.82. The fourth-order valence-electron chi connectivity index (χ4n) is 2.18. The van der Waals surface area contributed by atoms with Gasteiger partial charge in [0.1, 0.15) is 5.78 Å². The molecule has 2 heteroatoms. The van der Waals surface area contributed by atoms with Crippen molar-refractivity contribution in [2.45, 2.75) is 32.3 Å². The Balaban J connectivity index is 1.64. The average Bonchev–Trinajstić information content (AvgIpc) is 2.72. The number of benzene rings is 1. The SMILES string of the molecule is O=C1CCC[C@@H]1CCOCc1ccccc1. The monoisotopic (exact) mass is 218 g/mol. The average molecular weight is 218 g/mol. The molecule has 0 amide bonds. The molecule has 0 N–H and O–H groups in total. The van der Waals surface area contributed by atoms with Crippen molar-refractivity contribution in [3.05, 3.63) is 35.9 Å². The van der Waals surface area contributed by atoms with E-state index >= 15 is 0 Å². The zero-order valence-corrected chi connectivity index (χ0v) is 9.52. The van der Waals surface area contributed by atoms with Crippen molar-refractivity contribution in [3.8, 4) is 0 Å². The van der Waals surface area contributed by atoms with E-state index in [0.717, 1.165) is 25.7 Å². The summed E-state index contributed by atoms with van der Waals surface area (Å²) in [5.41, 5.74) is 1.19. The molecule has 0 unspecified atom stereocenters. The van der Waals surface area contributed by atoms with E-state index < -0.39 is 0 Å². The van der Waals surface area contributed by atoms with Crippen LogP contribution in [0.3, 0.4) is 0 Å². The molecule has 1 aromatic carbocycles. The first-order chi connectivity index (χ1) is 7.86. The fourth-order valence-corrected chi connectivity index (χ4v) is 2.18. The Morgan fingerprint density at radius 1 is 1.25 bits per heavy atom. The van der Waals surface area contributed by atoms with Gasteiger partial charge in [0.15, 0.2) is 0 Å². The van der Waals surface area contributed by atoms with Gasteiger partial charge in [-0.1, -0.05) is 30.3 Å². The quantitative estimate of drug-likeness (QED) is 0.710. The van der Waals surface area contributed by atoms with Gasteiger partial charge in [0, 0.05) is 18.9 Å². The summed E-state index contributed by atoms with van der Waals surface area (Å²) >= 11 is 0. The van der Waals surface area contributed by atoms with Crippen LogP contribution in [0.4, 0.5) is 0 Å². The minimum absolute atomic E-state index is 0.274. The highest BCUT2D eigenvalue weighted by Crippen LogP contribution is 2.24. The minimum atomic E-state index is 0.274. The standard InChI is InChI=1S/C14H18O2/c15-14-8-4-7-13(14)9-10-16-11-12-5-2-1-3-6-12/h1-3,5-6,13H,4,7-11H2/t13-/m1/s1. The summed E-state index contributed by atoms with van der Waals surface area (Å²) in [6.07, 6.45) is 3.81. The molecule has 1 atom stereocenters. The fraction of sp³-hybridized carbons (Fsp3) is 0.500. The van der Waals surface area contributed by atoms with Crippen molar-refractivity contribution in [3.63, 3.8) is 0 Å². The van der Waals surface area contributed by atoms with Crippen molar-refractivity contribution in [1.29, 1.82) is 0 Å². The molecule has 2 nitrogen and oxygen atoms in total. The van der Waals surface area contributed by atoms with Crippen LogP contribution in [0.2, 0.25) is 0 Å². The van der Waals surface area contributed by atoms with Crippen LogP contribution in [0.15, 0.2) is 30.3 Å². The van der Waals surface area contributed by atoms with Crippen LogP contribution >= 0.6 is 0 Å². The summed E-state index contributed by atoms with van der Waals surface area (Å²) in [5, 5.41) is 0. The van der Waals surface area contributed by atoms with Gasteiger partial charge in [-0.3, -0.25) is 4.79 Å². The zero-order chi connectivity index (χ0) is 11.2. The van der Waals surface area contributed by atoms with Gasteiger partial charge in [-0.25, -0.2) is 0 Å². The van der Waals surface area contributed by atoms with Crippen LogP contribution in [-0.2, 0) is 16.1 Å². The molecule has 2 rings (SSSR count). The Labute approximate surface area is 96.6 Å². The van der Waals surface area contributed by atoms with Crippen molar-refractivity contribution in [1.82, 2.24) is 0 Å². The molecule has 1 saturated carbocycles. The molecule has 0 saturated heterocycles. The van der Waals surface area contributed by atoms with Crippen molar-refractivity contribution in [2.75, 3.05) is 6.61 Å². The molecule has 0 heterocycles. The van der Waals surface area contributed by atoms with Crippen LogP contribution in [0.5, 0.6) is 0 Å². The van der Waals surface area contributed by atoms with Gasteiger partial charge in [0.2, 0.25) is 0 Å². The van der Waals surface area contributed by atoms with Gasteiger partial charge in [0.25, 0.3) is 0 Å². The first-order valence-corrected chi connectivity index (χ1v) is 6.00. The van der Waals surface area contributed by atoms with Gasteiger partial charge in [-0.15, -0.1) is 0 Å². The lowest BCUT2D eigenvalue weighted by Crippen LogP contribution is -2.09. The predicted octanol–water partition coefficient (Wildman–Crippen LogP) is 2.96. The van der Waals surface area contributed by atoms with Gasteiger partial charge < -0.3 is 4.74 Å². The summed E-state index contributed by atoms with van der Waals surface area (Å²) in [5.74, 6) is 0.707. The Morgan fingerprint density at radius 3 is 2.75 bits per heavy atom. The van der Waals surface area contributed by atoms with Gasteiger partial charge in [0.05, 0.1) is 6.61 Å². The molecule has 1 aliphatic carbocycles. The first kappa shape index (κ1) is 11.3. The third-order valence-electron chi connectivity index (χ3n) is 3.15. The van der Waals surface area contributed by atoms with Gasteiger partial charge in [-0.05, 0) is 24.8 Å². The van der Waals surface area contributed by atoms with Crippen molar-refractivity contribution in [2.24, 2.45) is 5.92 Å².